The van der Waals surface area contributed by atoms with Crippen LogP contribution in [0.15, 0.2) is 85.1 Å². The summed E-state index contributed by atoms with van der Waals surface area (Å²) in [7, 11) is 0. The van der Waals surface area contributed by atoms with E-state index in [1.54, 1.807) is 6.08 Å². The lowest BCUT2D eigenvalue weighted by Crippen LogP contribution is -2.66. The molecule has 17 atom stereocenters. The zero-order chi connectivity index (χ0) is 61.9. The first-order valence-electron chi connectivity index (χ1n) is 32.3. The summed E-state index contributed by atoms with van der Waals surface area (Å²) in [6.45, 7) is 1.53. The largest absolute Gasteiger partial charge is 0.394 e. The zero-order valence-electron chi connectivity index (χ0n) is 51.3. The molecular weight excluding hydrogens is 1090 g/mol. The Hall–Kier alpha value is -3.03. The summed E-state index contributed by atoms with van der Waals surface area (Å²) in [5.74, 6) is -0.295. The molecular formula is C66H113NO18. The van der Waals surface area contributed by atoms with Gasteiger partial charge in [-0.25, -0.2) is 0 Å². The van der Waals surface area contributed by atoms with Gasteiger partial charge in [0.2, 0.25) is 5.91 Å². The van der Waals surface area contributed by atoms with Gasteiger partial charge in [0.15, 0.2) is 18.9 Å². The zero-order valence-corrected chi connectivity index (χ0v) is 51.3. The normalized spacial score (nSPS) is 29.5. The molecule has 0 bridgehead atoms. The second-order valence-electron chi connectivity index (χ2n) is 22.8. The molecule has 3 aliphatic heterocycles. The Morgan fingerprint density at radius 3 is 1.32 bits per heavy atom. The van der Waals surface area contributed by atoms with E-state index in [9.17, 15) is 61.0 Å². The minimum atomic E-state index is -1.98. The first-order valence-corrected chi connectivity index (χ1v) is 32.3. The SMILES string of the molecule is CC/C=C\C/C=C\C/C=C\C/C=C\CCCCCCCCCCCCCCCCC(=O)NC(COC1OC(CO)C(OC2OC(CO)C(OC3OC(CO)C(O)C(O)C3O)C(O)C2O)C(O)C1O)C(O)/C=C/CC/C=C/CC/C=C/CCCCC. The molecule has 17 unspecified atom stereocenters. The second kappa shape index (κ2) is 47.9. The monoisotopic (exact) mass is 1210 g/mol. The Morgan fingerprint density at radius 2 is 0.824 bits per heavy atom. The lowest BCUT2D eigenvalue weighted by atomic mass is 9.96. The van der Waals surface area contributed by atoms with E-state index < -0.39 is 124 Å². The van der Waals surface area contributed by atoms with E-state index in [2.05, 4.69) is 92.1 Å². The predicted molar refractivity (Wildman–Crippen MR) is 328 cm³/mol. The molecule has 3 saturated heterocycles. The third-order valence-corrected chi connectivity index (χ3v) is 15.7. The van der Waals surface area contributed by atoms with E-state index in [0.717, 1.165) is 83.5 Å². The first kappa shape index (κ1) is 76.2. The van der Waals surface area contributed by atoms with Gasteiger partial charge in [0.25, 0.3) is 0 Å². The van der Waals surface area contributed by atoms with Crippen molar-refractivity contribution in [3.05, 3.63) is 85.1 Å². The molecule has 1 amide bonds. The molecule has 0 saturated carbocycles. The average molecular weight is 1210 g/mol. The fourth-order valence-corrected chi connectivity index (χ4v) is 10.4. The lowest BCUT2D eigenvalue weighted by Gasteiger charge is -2.48. The molecule has 490 valence electrons. The molecule has 3 heterocycles. The van der Waals surface area contributed by atoms with Crippen LogP contribution in [0.4, 0.5) is 0 Å². The maximum atomic E-state index is 13.4. The number of aliphatic hydroxyl groups is 11. The van der Waals surface area contributed by atoms with Crippen molar-refractivity contribution in [3.63, 3.8) is 0 Å². The summed E-state index contributed by atoms with van der Waals surface area (Å²) in [4.78, 5) is 13.4. The molecule has 0 radical (unpaired) electrons. The fourth-order valence-electron chi connectivity index (χ4n) is 10.4. The van der Waals surface area contributed by atoms with Crippen molar-refractivity contribution in [1.29, 1.82) is 0 Å². The van der Waals surface area contributed by atoms with Gasteiger partial charge in [-0.15, -0.1) is 0 Å². The predicted octanol–water partition coefficient (Wildman–Crippen LogP) is 7.15. The van der Waals surface area contributed by atoms with Crippen molar-refractivity contribution in [2.24, 2.45) is 0 Å². The Morgan fingerprint density at radius 1 is 0.435 bits per heavy atom. The molecule has 19 nitrogen and oxygen atoms in total. The highest BCUT2D eigenvalue weighted by molar-refractivity contribution is 5.76. The van der Waals surface area contributed by atoms with Crippen LogP contribution in [-0.2, 0) is 33.2 Å². The number of ether oxygens (including phenoxy) is 6. The minimum Gasteiger partial charge on any atom is -0.394 e. The third-order valence-electron chi connectivity index (χ3n) is 15.7. The Kier molecular flexibility index (Phi) is 43.0. The van der Waals surface area contributed by atoms with E-state index in [-0.39, 0.29) is 18.9 Å². The van der Waals surface area contributed by atoms with Gasteiger partial charge in [-0.1, -0.05) is 189 Å². The number of hydrogen-bond acceptors (Lipinski definition) is 18. The Bertz CT molecular complexity index is 1880. The van der Waals surface area contributed by atoms with Crippen LogP contribution in [0.25, 0.3) is 0 Å². The van der Waals surface area contributed by atoms with Gasteiger partial charge >= 0.3 is 0 Å². The minimum absolute atomic E-state index is 0.227. The van der Waals surface area contributed by atoms with Crippen LogP contribution >= 0.6 is 0 Å². The quantitative estimate of drug-likeness (QED) is 0.0213. The van der Waals surface area contributed by atoms with Gasteiger partial charge in [0.05, 0.1) is 38.6 Å². The second-order valence-corrected chi connectivity index (χ2v) is 22.8. The molecule has 0 spiro atoms. The number of unbranched alkanes of at least 4 members (excludes halogenated alkanes) is 19. The van der Waals surface area contributed by atoms with Crippen molar-refractivity contribution in [1.82, 2.24) is 5.32 Å². The van der Waals surface area contributed by atoms with Crippen LogP contribution in [0.3, 0.4) is 0 Å². The summed E-state index contributed by atoms with van der Waals surface area (Å²) in [5.41, 5.74) is 0. The van der Waals surface area contributed by atoms with Gasteiger partial charge in [-0.2, -0.15) is 0 Å². The van der Waals surface area contributed by atoms with Gasteiger partial charge in [-0.3, -0.25) is 4.79 Å². The van der Waals surface area contributed by atoms with Crippen molar-refractivity contribution >= 4 is 5.91 Å². The first-order chi connectivity index (χ1) is 41.3. The van der Waals surface area contributed by atoms with E-state index in [1.165, 1.54) is 77.0 Å². The summed E-state index contributed by atoms with van der Waals surface area (Å²) in [6, 6.07) is -1.000. The van der Waals surface area contributed by atoms with Crippen molar-refractivity contribution in [3.8, 4) is 0 Å². The van der Waals surface area contributed by atoms with Crippen molar-refractivity contribution < 1.29 is 89.4 Å². The molecule has 3 fully saturated rings. The molecule has 0 aromatic heterocycles. The third kappa shape index (κ3) is 30.8. The van der Waals surface area contributed by atoms with Gasteiger partial charge in [-0.05, 0) is 83.5 Å². The van der Waals surface area contributed by atoms with E-state index in [1.807, 2.05) is 6.08 Å². The van der Waals surface area contributed by atoms with E-state index >= 15 is 0 Å². The van der Waals surface area contributed by atoms with E-state index in [0.29, 0.717) is 12.8 Å². The molecule has 85 heavy (non-hydrogen) atoms. The highest BCUT2D eigenvalue weighted by atomic mass is 16.8. The summed E-state index contributed by atoms with van der Waals surface area (Å²) >= 11 is 0. The topological polar surface area (TPSA) is 307 Å². The number of allylic oxidation sites excluding steroid dienone is 13. The molecule has 3 rings (SSSR count). The number of rotatable bonds is 47. The molecule has 12 N–H and O–H groups in total. The maximum Gasteiger partial charge on any atom is 0.220 e. The smallest absolute Gasteiger partial charge is 0.220 e. The van der Waals surface area contributed by atoms with Crippen LogP contribution < -0.4 is 5.32 Å². The van der Waals surface area contributed by atoms with Gasteiger partial charge < -0.3 is 89.9 Å². The number of carbonyl (C=O) groups is 1. The fraction of sp³-hybridized carbons (Fsp3) is 0.773. The molecule has 19 heteroatoms. The average Bonchev–Trinajstić information content (AvgIpc) is 2.72. The van der Waals surface area contributed by atoms with Crippen LogP contribution in [0.2, 0.25) is 0 Å². The van der Waals surface area contributed by atoms with Crippen LogP contribution in [0.1, 0.15) is 194 Å². The highest BCUT2D eigenvalue weighted by Gasteiger charge is 2.53. The maximum absolute atomic E-state index is 13.4. The van der Waals surface area contributed by atoms with Crippen molar-refractivity contribution in [2.75, 3.05) is 26.4 Å². The molecule has 0 aromatic carbocycles. The Labute approximate surface area is 508 Å². The number of aliphatic hydroxyl groups excluding tert-OH is 11. The highest BCUT2D eigenvalue weighted by Crippen LogP contribution is 2.33. The summed E-state index contributed by atoms with van der Waals surface area (Å²) in [5, 5.41) is 120. The summed E-state index contributed by atoms with van der Waals surface area (Å²) < 4.78 is 34.2. The van der Waals surface area contributed by atoms with Crippen molar-refractivity contribution in [2.45, 2.75) is 298 Å². The molecule has 0 aromatic rings. The lowest BCUT2D eigenvalue weighted by molar-refractivity contribution is -0.379. The number of nitrogens with one attached hydrogen (secondary N) is 1. The van der Waals surface area contributed by atoms with Crippen LogP contribution in [0, 0.1) is 0 Å². The number of amides is 1. The molecule has 3 aliphatic rings. The number of hydrogen-bond donors (Lipinski definition) is 12. The van der Waals surface area contributed by atoms with Crippen LogP contribution in [0.5, 0.6) is 0 Å². The Balaban J connectivity index is 1.43. The van der Waals surface area contributed by atoms with E-state index in [4.69, 9.17) is 28.4 Å². The summed E-state index contributed by atoms with van der Waals surface area (Å²) in [6.07, 6.45) is 32.9. The number of carbonyl (C=O) groups excluding carboxylic acids is 1. The van der Waals surface area contributed by atoms with Gasteiger partial charge in [0, 0.05) is 6.42 Å². The standard InChI is InChI=1S/C66H113NO18/c1-3-5-7-9-11-13-15-17-18-19-20-21-22-23-24-25-26-27-28-29-30-32-34-36-38-40-42-44-54(72)67-49(50(71)43-41-39-37-35-33-31-16-14-12-10-8-6-4-2)48-80-64-60(78)57(75)62(52(46-69)82-64)85-66-61(79)58(76)63(53(47-70)83-66)84-65-59(77)56(74)55(73)51(45-68)81-65/h5,7,11-14,17-18,20-21,33,35,41,43,49-53,55-66,68-71,73-79H,3-4,6,8-10,15-16,19,22-32,34,36-40,42,44-48H2,1-2H3,(H,67,72)/b7-5-,13-11-,14-12+,18-17-,21-20-,35-33+,43-41+. The van der Waals surface area contributed by atoms with Gasteiger partial charge in [0.1, 0.15) is 73.2 Å². The van der Waals surface area contributed by atoms with Crippen LogP contribution in [-0.4, -0.2) is 193 Å². The molecule has 0 aliphatic carbocycles.